The minimum absolute atomic E-state index is 0.0712. The first-order valence-electron chi connectivity index (χ1n) is 11.8. The van der Waals surface area contributed by atoms with Crippen LogP contribution in [-0.2, 0) is 11.2 Å². The van der Waals surface area contributed by atoms with Gasteiger partial charge in [0, 0.05) is 41.1 Å². The lowest BCUT2D eigenvalue weighted by molar-refractivity contribution is -0.134. The fraction of sp³-hybridized carbons (Fsp3) is 0.423. The van der Waals surface area contributed by atoms with Crippen LogP contribution < -0.4 is 11.1 Å². The summed E-state index contributed by atoms with van der Waals surface area (Å²) >= 11 is 0. The number of para-hydroxylation sites is 1. The minimum Gasteiger partial charge on any atom is -0.399 e. The molecule has 0 unspecified atom stereocenters. The van der Waals surface area contributed by atoms with E-state index in [-0.39, 0.29) is 23.8 Å². The van der Waals surface area contributed by atoms with Gasteiger partial charge in [-0.1, -0.05) is 18.2 Å². The lowest BCUT2D eigenvalue weighted by Crippen LogP contribution is -2.54. The molecule has 6 nitrogen and oxygen atoms in total. The SMILES string of the molecule is Nc1ccc(NC(=O)[C@H]2[C@H]3C[C@H]4c5[nH]c6ccccc6c5CCN4C[C@H]3CC[C@@H]2O)cc1. The molecule has 1 aliphatic carbocycles. The predicted octanol–water partition coefficient (Wildman–Crippen LogP) is 3.70. The average Bonchev–Trinajstić information content (AvgIpc) is 3.18. The van der Waals surface area contributed by atoms with Crippen LogP contribution in [0.2, 0.25) is 0 Å². The molecule has 3 heterocycles. The summed E-state index contributed by atoms with van der Waals surface area (Å²) in [6.45, 7) is 2.07. The molecule has 0 radical (unpaired) electrons. The van der Waals surface area contributed by atoms with Gasteiger partial charge in [0.15, 0.2) is 0 Å². The summed E-state index contributed by atoms with van der Waals surface area (Å²) < 4.78 is 0. The van der Waals surface area contributed by atoms with Crippen molar-refractivity contribution in [1.82, 2.24) is 9.88 Å². The molecule has 166 valence electrons. The zero-order valence-corrected chi connectivity index (χ0v) is 18.1. The topological polar surface area (TPSA) is 94.4 Å². The Morgan fingerprint density at radius 3 is 2.78 bits per heavy atom. The zero-order chi connectivity index (χ0) is 21.8. The van der Waals surface area contributed by atoms with Crippen LogP contribution in [0.25, 0.3) is 10.9 Å². The predicted molar refractivity (Wildman–Crippen MR) is 126 cm³/mol. The van der Waals surface area contributed by atoms with Crippen LogP contribution >= 0.6 is 0 Å². The van der Waals surface area contributed by atoms with Crippen molar-refractivity contribution in [2.24, 2.45) is 17.8 Å². The van der Waals surface area contributed by atoms with Crippen molar-refractivity contribution in [3.05, 3.63) is 59.8 Å². The quantitative estimate of drug-likeness (QED) is 0.467. The summed E-state index contributed by atoms with van der Waals surface area (Å²) in [5, 5.41) is 15.3. The number of H-pyrrole nitrogens is 1. The minimum atomic E-state index is -0.595. The Bertz CT molecular complexity index is 1150. The number of aliphatic hydroxyl groups is 1. The maximum Gasteiger partial charge on any atom is 0.230 e. The molecule has 3 aliphatic rings. The van der Waals surface area contributed by atoms with Gasteiger partial charge in [-0.3, -0.25) is 9.69 Å². The Kier molecular flexibility index (Phi) is 4.73. The maximum absolute atomic E-state index is 13.3. The monoisotopic (exact) mass is 430 g/mol. The second-order valence-corrected chi connectivity index (χ2v) is 9.76. The lowest BCUT2D eigenvalue weighted by Gasteiger charge is -2.51. The van der Waals surface area contributed by atoms with E-state index < -0.39 is 6.10 Å². The molecule has 1 saturated heterocycles. The summed E-state index contributed by atoms with van der Waals surface area (Å²) in [4.78, 5) is 19.6. The third-order valence-corrected chi connectivity index (χ3v) is 8.03. The van der Waals surface area contributed by atoms with Crippen molar-refractivity contribution in [1.29, 1.82) is 0 Å². The fourth-order valence-electron chi connectivity index (χ4n) is 6.50. The van der Waals surface area contributed by atoms with Crippen molar-refractivity contribution >= 4 is 28.2 Å². The number of rotatable bonds is 2. The van der Waals surface area contributed by atoms with Crippen molar-refractivity contribution in [2.75, 3.05) is 24.1 Å². The van der Waals surface area contributed by atoms with Gasteiger partial charge in [-0.2, -0.15) is 0 Å². The number of aliphatic hydroxyl groups excluding tert-OH is 1. The van der Waals surface area contributed by atoms with Crippen LogP contribution in [0, 0.1) is 17.8 Å². The van der Waals surface area contributed by atoms with Crippen LogP contribution in [0.15, 0.2) is 48.5 Å². The number of nitrogen functional groups attached to an aromatic ring is 1. The summed E-state index contributed by atoms with van der Waals surface area (Å²) in [6.07, 6.45) is 3.05. The molecule has 5 N–H and O–H groups in total. The van der Waals surface area contributed by atoms with Gasteiger partial charge in [0.1, 0.15) is 0 Å². The number of piperidine rings is 1. The van der Waals surface area contributed by atoms with Gasteiger partial charge < -0.3 is 21.1 Å². The van der Waals surface area contributed by atoms with E-state index in [0.717, 1.165) is 38.0 Å². The molecule has 1 aromatic heterocycles. The van der Waals surface area contributed by atoms with Crippen LogP contribution in [0.1, 0.15) is 36.6 Å². The number of aromatic nitrogens is 1. The van der Waals surface area contributed by atoms with Crippen molar-refractivity contribution in [3.63, 3.8) is 0 Å². The van der Waals surface area contributed by atoms with Crippen molar-refractivity contribution in [2.45, 2.75) is 37.8 Å². The summed E-state index contributed by atoms with van der Waals surface area (Å²) in [5.74, 6) is 0.162. The number of anilines is 2. The van der Waals surface area contributed by atoms with Crippen LogP contribution in [0.4, 0.5) is 11.4 Å². The highest BCUT2D eigenvalue weighted by molar-refractivity contribution is 5.93. The summed E-state index contributed by atoms with van der Waals surface area (Å²) in [7, 11) is 0. The van der Waals surface area contributed by atoms with E-state index in [1.165, 1.54) is 22.2 Å². The first-order chi connectivity index (χ1) is 15.6. The molecule has 32 heavy (non-hydrogen) atoms. The number of fused-ring (bicyclic) bond motifs is 6. The van der Waals surface area contributed by atoms with E-state index in [1.807, 2.05) is 12.1 Å². The van der Waals surface area contributed by atoms with E-state index in [2.05, 4.69) is 39.5 Å². The normalized spacial score (nSPS) is 29.7. The smallest absolute Gasteiger partial charge is 0.230 e. The second-order valence-electron chi connectivity index (χ2n) is 9.76. The zero-order valence-electron chi connectivity index (χ0n) is 18.1. The first kappa shape index (κ1) is 19.8. The third-order valence-electron chi connectivity index (χ3n) is 8.03. The maximum atomic E-state index is 13.3. The van der Waals surface area contributed by atoms with Crippen LogP contribution in [-0.4, -0.2) is 40.1 Å². The number of benzene rings is 2. The molecule has 1 amide bonds. The number of carbonyl (C=O) groups is 1. The number of nitrogens with one attached hydrogen (secondary N) is 2. The van der Waals surface area contributed by atoms with Gasteiger partial charge in [-0.05, 0) is 73.4 Å². The average molecular weight is 431 g/mol. The van der Waals surface area contributed by atoms with Gasteiger partial charge in [-0.15, -0.1) is 0 Å². The lowest BCUT2D eigenvalue weighted by atomic mass is 9.64. The fourth-order valence-corrected chi connectivity index (χ4v) is 6.50. The van der Waals surface area contributed by atoms with Gasteiger partial charge in [-0.25, -0.2) is 0 Å². The number of nitrogens with zero attached hydrogens (tertiary/aromatic N) is 1. The van der Waals surface area contributed by atoms with Gasteiger partial charge in [0.25, 0.3) is 0 Å². The number of aromatic amines is 1. The Morgan fingerprint density at radius 2 is 1.94 bits per heavy atom. The number of amides is 1. The summed E-state index contributed by atoms with van der Waals surface area (Å²) in [6, 6.07) is 16.0. The number of hydrogen-bond donors (Lipinski definition) is 4. The Morgan fingerprint density at radius 1 is 1.12 bits per heavy atom. The van der Waals surface area contributed by atoms with E-state index in [9.17, 15) is 9.90 Å². The van der Waals surface area contributed by atoms with E-state index >= 15 is 0 Å². The number of nitrogens with two attached hydrogens (primary N) is 1. The van der Waals surface area contributed by atoms with Crippen molar-refractivity contribution < 1.29 is 9.90 Å². The molecule has 2 aliphatic heterocycles. The standard InChI is InChI=1S/C26H30N4O2/c27-16-6-8-17(9-7-16)28-26(32)24-20-13-22-25-19(18-3-1-2-4-21(18)29-25)11-12-30(22)14-15(20)5-10-23(24)31/h1-4,6-9,15,20,22-24,29,31H,5,10-14,27H2,(H,28,32)/t15-,20+,22+,23+,24+/m1/s1. The third kappa shape index (κ3) is 3.21. The molecule has 0 spiro atoms. The second kappa shape index (κ2) is 7.64. The van der Waals surface area contributed by atoms with E-state index in [1.54, 1.807) is 12.1 Å². The molecule has 6 heteroatoms. The highest BCUT2D eigenvalue weighted by atomic mass is 16.3. The molecule has 3 aromatic rings. The molecule has 0 bridgehead atoms. The van der Waals surface area contributed by atoms with E-state index in [4.69, 9.17) is 5.73 Å². The van der Waals surface area contributed by atoms with Gasteiger partial charge in [0.2, 0.25) is 5.91 Å². The Balaban J connectivity index is 1.30. The highest BCUT2D eigenvalue weighted by Gasteiger charge is 2.49. The Labute approximate surface area is 187 Å². The first-order valence-corrected chi connectivity index (χ1v) is 11.8. The largest absolute Gasteiger partial charge is 0.399 e. The molecule has 6 rings (SSSR count). The van der Waals surface area contributed by atoms with Crippen molar-refractivity contribution in [3.8, 4) is 0 Å². The molecule has 2 aromatic carbocycles. The van der Waals surface area contributed by atoms with Crippen LogP contribution in [0.3, 0.4) is 0 Å². The van der Waals surface area contributed by atoms with Gasteiger partial charge in [0.05, 0.1) is 18.1 Å². The highest BCUT2D eigenvalue weighted by Crippen LogP contribution is 2.49. The van der Waals surface area contributed by atoms with E-state index in [0.29, 0.717) is 18.0 Å². The van der Waals surface area contributed by atoms with Crippen LogP contribution in [0.5, 0.6) is 0 Å². The molecule has 5 atom stereocenters. The Hall–Kier alpha value is -2.83. The summed E-state index contributed by atoms with van der Waals surface area (Å²) in [5.41, 5.74) is 11.1. The van der Waals surface area contributed by atoms with Gasteiger partial charge >= 0.3 is 0 Å². The molecule has 1 saturated carbocycles. The number of hydrogen-bond acceptors (Lipinski definition) is 4. The molecule has 2 fully saturated rings. The number of carbonyl (C=O) groups excluding carboxylic acids is 1. The molecular weight excluding hydrogens is 400 g/mol. The molecular formula is C26H30N4O2.